The smallest absolute Gasteiger partial charge is 0.253 e. The Hall–Kier alpha value is -0.620. The molecule has 1 unspecified atom stereocenters. The summed E-state index contributed by atoms with van der Waals surface area (Å²) < 4.78 is 6.72. The first-order valence-electron chi connectivity index (χ1n) is 6.37. The van der Waals surface area contributed by atoms with E-state index in [2.05, 4.69) is 22.6 Å². The number of rotatable bonds is 3. The Morgan fingerprint density at radius 3 is 3.11 bits per heavy atom. The van der Waals surface area contributed by atoms with E-state index in [1.807, 2.05) is 36.1 Å². The van der Waals surface area contributed by atoms with Crippen LogP contribution in [-0.2, 0) is 4.74 Å². The largest absolute Gasteiger partial charge is 0.377 e. The highest BCUT2D eigenvalue weighted by atomic mass is 127. The molecule has 3 nitrogen and oxygen atoms in total. The molecular formula is C14H18INO2. The van der Waals surface area contributed by atoms with Gasteiger partial charge in [0, 0.05) is 28.8 Å². The van der Waals surface area contributed by atoms with Crippen molar-refractivity contribution in [2.75, 3.05) is 19.7 Å². The summed E-state index contributed by atoms with van der Waals surface area (Å²) in [5.41, 5.74) is 0.777. The Morgan fingerprint density at radius 2 is 2.39 bits per heavy atom. The number of carbonyl (C=O) groups is 1. The Kier molecular flexibility index (Phi) is 5.00. The summed E-state index contributed by atoms with van der Waals surface area (Å²) in [5, 5.41) is 0. The molecule has 18 heavy (non-hydrogen) atoms. The van der Waals surface area contributed by atoms with Crippen LogP contribution in [0.1, 0.15) is 30.1 Å². The van der Waals surface area contributed by atoms with Gasteiger partial charge in [-0.1, -0.05) is 6.07 Å². The maximum atomic E-state index is 12.4. The monoisotopic (exact) mass is 359 g/mol. The van der Waals surface area contributed by atoms with Crippen molar-refractivity contribution in [1.82, 2.24) is 4.90 Å². The number of halogens is 1. The number of amides is 1. The molecule has 2 rings (SSSR count). The molecule has 1 saturated heterocycles. The van der Waals surface area contributed by atoms with Gasteiger partial charge in [0.05, 0.1) is 6.10 Å². The van der Waals surface area contributed by atoms with Crippen LogP contribution in [0.15, 0.2) is 24.3 Å². The Bertz CT molecular complexity index is 420. The quantitative estimate of drug-likeness (QED) is 0.777. The second-order valence-electron chi connectivity index (χ2n) is 4.48. The van der Waals surface area contributed by atoms with Gasteiger partial charge in [-0.25, -0.2) is 0 Å². The van der Waals surface area contributed by atoms with Gasteiger partial charge in [0.15, 0.2) is 0 Å². The maximum absolute atomic E-state index is 12.4. The summed E-state index contributed by atoms with van der Waals surface area (Å²) in [6.45, 7) is 4.28. The third-order valence-electron chi connectivity index (χ3n) is 3.14. The maximum Gasteiger partial charge on any atom is 0.253 e. The van der Waals surface area contributed by atoms with E-state index in [0.29, 0.717) is 0 Å². The molecule has 0 spiro atoms. The fraction of sp³-hybridized carbons (Fsp3) is 0.500. The van der Waals surface area contributed by atoms with E-state index >= 15 is 0 Å². The van der Waals surface area contributed by atoms with Crippen molar-refractivity contribution in [1.29, 1.82) is 0 Å². The summed E-state index contributed by atoms with van der Waals surface area (Å²) in [6, 6.07) is 7.75. The van der Waals surface area contributed by atoms with Crippen LogP contribution < -0.4 is 0 Å². The van der Waals surface area contributed by atoms with Gasteiger partial charge in [-0.05, 0) is 60.6 Å². The Balaban J connectivity index is 2.04. The van der Waals surface area contributed by atoms with Gasteiger partial charge in [-0.15, -0.1) is 0 Å². The lowest BCUT2D eigenvalue weighted by molar-refractivity contribution is 0.00724. The average molecular weight is 359 g/mol. The van der Waals surface area contributed by atoms with Crippen molar-refractivity contribution < 1.29 is 9.53 Å². The number of benzene rings is 1. The lowest BCUT2D eigenvalue weighted by atomic mass is 10.1. The average Bonchev–Trinajstić information content (AvgIpc) is 2.39. The SMILES string of the molecule is CCOC1CCCN(C(=O)c2cccc(I)c2)C1. The highest BCUT2D eigenvalue weighted by Gasteiger charge is 2.24. The number of nitrogens with zero attached hydrogens (tertiary/aromatic N) is 1. The molecule has 1 atom stereocenters. The highest BCUT2D eigenvalue weighted by molar-refractivity contribution is 14.1. The van der Waals surface area contributed by atoms with Crippen molar-refractivity contribution in [2.24, 2.45) is 0 Å². The number of carbonyl (C=O) groups excluding carboxylic acids is 1. The molecule has 1 aromatic rings. The first-order valence-corrected chi connectivity index (χ1v) is 7.45. The molecule has 0 aromatic heterocycles. The molecule has 1 aliphatic rings. The zero-order valence-corrected chi connectivity index (χ0v) is 12.7. The lowest BCUT2D eigenvalue weighted by Gasteiger charge is -2.32. The van der Waals surface area contributed by atoms with Crippen molar-refractivity contribution >= 4 is 28.5 Å². The van der Waals surface area contributed by atoms with Crippen LogP contribution in [0.5, 0.6) is 0 Å². The number of piperidine rings is 1. The Labute approximate surface area is 122 Å². The van der Waals surface area contributed by atoms with Gasteiger partial charge < -0.3 is 9.64 Å². The molecule has 1 aromatic carbocycles. The van der Waals surface area contributed by atoms with Crippen LogP contribution in [0.2, 0.25) is 0 Å². The molecule has 1 amide bonds. The summed E-state index contributed by atoms with van der Waals surface area (Å²) in [4.78, 5) is 14.3. The molecule has 98 valence electrons. The fourth-order valence-corrected chi connectivity index (χ4v) is 2.84. The van der Waals surface area contributed by atoms with Gasteiger partial charge in [0.25, 0.3) is 5.91 Å². The molecule has 0 saturated carbocycles. The van der Waals surface area contributed by atoms with E-state index in [4.69, 9.17) is 4.74 Å². The molecule has 1 aliphatic heterocycles. The number of hydrogen-bond donors (Lipinski definition) is 0. The molecular weight excluding hydrogens is 341 g/mol. The molecule has 0 aliphatic carbocycles. The number of likely N-dealkylation sites (tertiary alicyclic amines) is 1. The lowest BCUT2D eigenvalue weighted by Crippen LogP contribution is -2.43. The standard InChI is InChI=1S/C14H18INO2/c1-2-18-13-7-4-8-16(10-13)14(17)11-5-3-6-12(15)9-11/h3,5-6,9,13H,2,4,7-8,10H2,1H3. The molecule has 4 heteroatoms. The van der Waals surface area contributed by atoms with Gasteiger partial charge in [0.2, 0.25) is 0 Å². The van der Waals surface area contributed by atoms with Crippen molar-refractivity contribution in [3.63, 3.8) is 0 Å². The molecule has 1 fully saturated rings. The predicted octanol–water partition coefficient (Wildman–Crippen LogP) is 2.93. The third kappa shape index (κ3) is 3.45. The highest BCUT2D eigenvalue weighted by Crippen LogP contribution is 2.17. The van der Waals surface area contributed by atoms with Crippen LogP contribution >= 0.6 is 22.6 Å². The third-order valence-corrected chi connectivity index (χ3v) is 3.81. The first kappa shape index (κ1) is 13.8. The van der Waals surface area contributed by atoms with Gasteiger partial charge in [-0.2, -0.15) is 0 Å². The van der Waals surface area contributed by atoms with Gasteiger partial charge in [0.1, 0.15) is 0 Å². The van der Waals surface area contributed by atoms with E-state index in [0.717, 1.165) is 41.7 Å². The number of ether oxygens (including phenoxy) is 1. The van der Waals surface area contributed by atoms with E-state index in [1.165, 1.54) is 0 Å². The Morgan fingerprint density at radius 1 is 1.56 bits per heavy atom. The van der Waals surface area contributed by atoms with Gasteiger partial charge in [-0.3, -0.25) is 4.79 Å². The molecule has 1 heterocycles. The summed E-state index contributed by atoms with van der Waals surface area (Å²) >= 11 is 2.23. The summed E-state index contributed by atoms with van der Waals surface area (Å²) in [7, 11) is 0. The number of hydrogen-bond acceptors (Lipinski definition) is 2. The second-order valence-corrected chi connectivity index (χ2v) is 5.73. The molecule has 0 N–H and O–H groups in total. The first-order chi connectivity index (χ1) is 8.70. The zero-order chi connectivity index (χ0) is 13.0. The topological polar surface area (TPSA) is 29.5 Å². The normalized spacial score (nSPS) is 19.9. The van der Waals surface area contributed by atoms with Crippen LogP contribution in [0.4, 0.5) is 0 Å². The minimum absolute atomic E-state index is 0.123. The van der Waals surface area contributed by atoms with Crippen molar-refractivity contribution in [3.8, 4) is 0 Å². The van der Waals surface area contributed by atoms with E-state index in [1.54, 1.807) is 0 Å². The zero-order valence-electron chi connectivity index (χ0n) is 10.6. The van der Waals surface area contributed by atoms with Crippen LogP contribution in [-0.4, -0.2) is 36.6 Å². The minimum atomic E-state index is 0.123. The van der Waals surface area contributed by atoms with E-state index in [-0.39, 0.29) is 12.0 Å². The van der Waals surface area contributed by atoms with Crippen LogP contribution in [0.3, 0.4) is 0 Å². The van der Waals surface area contributed by atoms with Crippen molar-refractivity contribution in [2.45, 2.75) is 25.9 Å². The summed E-state index contributed by atoms with van der Waals surface area (Å²) in [6.07, 6.45) is 2.29. The van der Waals surface area contributed by atoms with E-state index < -0.39 is 0 Å². The second kappa shape index (κ2) is 6.52. The predicted molar refractivity (Wildman–Crippen MR) is 79.7 cm³/mol. The molecule has 0 radical (unpaired) electrons. The summed E-state index contributed by atoms with van der Waals surface area (Å²) in [5.74, 6) is 0.123. The van der Waals surface area contributed by atoms with Crippen molar-refractivity contribution in [3.05, 3.63) is 33.4 Å². The fourth-order valence-electron chi connectivity index (χ4n) is 2.30. The van der Waals surface area contributed by atoms with E-state index in [9.17, 15) is 4.79 Å². The minimum Gasteiger partial charge on any atom is -0.377 e. The molecule has 0 bridgehead atoms. The van der Waals surface area contributed by atoms with Gasteiger partial charge >= 0.3 is 0 Å². The van der Waals surface area contributed by atoms with Crippen LogP contribution in [0, 0.1) is 3.57 Å². The van der Waals surface area contributed by atoms with Crippen LogP contribution in [0.25, 0.3) is 0 Å².